The van der Waals surface area contributed by atoms with Crippen LogP contribution in [0.2, 0.25) is 0 Å². The Morgan fingerprint density at radius 2 is 1.69 bits per heavy atom. The Morgan fingerprint density at radius 1 is 0.923 bits per heavy atom. The van der Waals surface area contributed by atoms with E-state index in [1.165, 1.54) is 22.3 Å². The van der Waals surface area contributed by atoms with Crippen molar-refractivity contribution in [3.63, 3.8) is 0 Å². The van der Waals surface area contributed by atoms with Crippen molar-refractivity contribution in [2.75, 3.05) is 35.0 Å². The molecular weight excluding hydrogens is 330 g/mol. The first kappa shape index (κ1) is 16.9. The molecule has 26 heavy (non-hydrogen) atoms. The Morgan fingerprint density at radius 3 is 2.38 bits per heavy atom. The fourth-order valence-corrected chi connectivity index (χ4v) is 4.21. The lowest BCUT2D eigenvalue weighted by atomic mass is 9.81. The van der Waals surface area contributed by atoms with Gasteiger partial charge in [-0.15, -0.1) is 0 Å². The second kappa shape index (κ2) is 6.63. The summed E-state index contributed by atoms with van der Waals surface area (Å²) in [4.78, 5) is 2.45. The van der Waals surface area contributed by atoms with Gasteiger partial charge in [-0.05, 0) is 53.3 Å². The Balaban J connectivity index is 1.74. The third kappa shape index (κ3) is 2.62. The van der Waals surface area contributed by atoms with Gasteiger partial charge in [0.2, 0.25) is 0 Å². The fraction of sp³-hybridized carbons (Fsp3) is 0.429. The summed E-state index contributed by atoms with van der Waals surface area (Å²) in [5.41, 5.74) is 5.32. The van der Waals surface area contributed by atoms with Gasteiger partial charge in [0.25, 0.3) is 0 Å². The van der Waals surface area contributed by atoms with Crippen molar-refractivity contribution in [1.82, 2.24) is 4.90 Å². The molecule has 0 radical (unpaired) electrons. The van der Waals surface area contributed by atoms with Gasteiger partial charge in [-0.3, -0.25) is 0 Å². The monoisotopic (exact) mass is 355 g/mol. The van der Waals surface area contributed by atoms with Gasteiger partial charge in [0.1, 0.15) is 5.76 Å². The number of hydrogen-bond acceptors (Lipinski definition) is 5. The first-order valence-corrected chi connectivity index (χ1v) is 8.91. The minimum Gasteiger partial charge on any atom is -0.497 e. The highest BCUT2D eigenvalue weighted by atomic mass is 16.5. The molecule has 5 nitrogen and oxygen atoms in total. The summed E-state index contributed by atoms with van der Waals surface area (Å²) in [6, 6.07) is 4.58. The van der Waals surface area contributed by atoms with Gasteiger partial charge in [-0.25, -0.2) is 0 Å². The maximum absolute atomic E-state index is 5.53. The molecule has 0 amide bonds. The van der Waals surface area contributed by atoms with Crippen LogP contribution in [-0.2, 0) is 15.9 Å². The van der Waals surface area contributed by atoms with E-state index >= 15 is 0 Å². The van der Waals surface area contributed by atoms with Gasteiger partial charge in [-0.1, -0.05) is 0 Å². The van der Waals surface area contributed by atoms with Gasteiger partial charge in [-0.2, -0.15) is 0 Å². The third-order valence-corrected chi connectivity index (χ3v) is 5.59. The van der Waals surface area contributed by atoms with Crippen LogP contribution in [-0.4, -0.2) is 39.9 Å². The zero-order chi connectivity index (χ0) is 18.3. The maximum atomic E-state index is 5.53. The van der Waals surface area contributed by atoms with Crippen LogP contribution in [0.25, 0.3) is 0 Å². The Bertz CT molecular complexity index is 822. The van der Waals surface area contributed by atoms with Gasteiger partial charge < -0.3 is 23.8 Å². The predicted octanol–water partition coefficient (Wildman–Crippen LogP) is 3.73. The van der Waals surface area contributed by atoms with E-state index in [4.69, 9.17) is 18.9 Å². The lowest BCUT2D eigenvalue weighted by Gasteiger charge is -2.42. The Labute approximate surface area is 154 Å². The van der Waals surface area contributed by atoms with Gasteiger partial charge >= 0.3 is 0 Å². The molecule has 5 heteroatoms. The zero-order valence-electron chi connectivity index (χ0n) is 15.8. The van der Waals surface area contributed by atoms with E-state index in [2.05, 4.69) is 29.3 Å². The van der Waals surface area contributed by atoms with Crippen molar-refractivity contribution in [3.8, 4) is 11.5 Å². The largest absolute Gasteiger partial charge is 0.497 e. The molecule has 1 aromatic rings. The second-order valence-electron chi connectivity index (χ2n) is 6.81. The van der Waals surface area contributed by atoms with Crippen LogP contribution in [0.5, 0.6) is 11.5 Å². The third-order valence-electron chi connectivity index (χ3n) is 5.59. The van der Waals surface area contributed by atoms with Crippen LogP contribution in [0.3, 0.4) is 0 Å². The normalized spacial score (nSPS) is 21.1. The topological polar surface area (TPSA) is 40.2 Å². The van der Waals surface area contributed by atoms with E-state index in [0.717, 1.165) is 48.8 Å². The summed E-state index contributed by atoms with van der Waals surface area (Å²) < 4.78 is 22.0. The number of fused-ring (bicyclic) bond motifs is 4. The first-order chi connectivity index (χ1) is 12.7. The molecule has 0 saturated heterocycles. The van der Waals surface area contributed by atoms with E-state index in [1.54, 1.807) is 28.4 Å². The van der Waals surface area contributed by atoms with Crippen LogP contribution in [0.1, 0.15) is 30.0 Å². The van der Waals surface area contributed by atoms with Crippen molar-refractivity contribution in [2.45, 2.75) is 25.3 Å². The summed E-state index contributed by atoms with van der Waals surface area (Å²) in [6.45, 7) is 1.01. The van der Waals surface area contributed by atoms with Gasteiger partial charge in [0.05, 0.1) is 34.5 Å². The van der Waals surface area contributed by atoms with E-state index in [9.17, 15) is 0 Å². The van der Waals surface area contributed by atoms with Crippen molar-refractivity contribution >= 4 is 0 Å². The average molecular weight is 355 g/mol. The highest BCUT2D eigenvalue weighted by Gasteiger charge is 2.34. The highest BCUT2D eigenvalue weighted by Crippen LogP contribution is 2.46. The Kier molecular flexibility index (Phi) is 4.31. The zero-order valence-corrected chi connectivity index (χ0v) is 15.8. The van der Waals surface area contributed by atoms with Crippen LogP contribution >= 0.6 is 0 Å². The van der Waals surface area contributed by atoms with Crippen LogP contribution in [0, 0.1) is 0 Å². The first-order valence-electron chi connectivity index (χ1n) is 8.91. The number of ether oxygens (including phenoxy) is 4. The molecule has 2 aliphatic heterocycles. The molecule has 0 aromatic heterocycles. The average Bonchev–Trinajstić information content (AvgIpc) is 2.69. The number of rotatable bonds is 4. The number of nitrogens with zero attached hydrogens (tertiary/aromatic N) is 1. The molecule has 2 heterocycles. The number of hydrogen-bond donors (Lipinski definition) is 0. The molecule has 1 aliphatic carbocycles. The SMILES string of the molecule is COC1=C(OC)CC2=CN3CCc4cc(OC)c(OC)cc4C3CC2=C1. The molecule has 0 N–H and O–H groups in total. The quantitative estimate of drug-likeness (QED) is 0.823. The smallest absolute Gasteiger partial charge is 0.161 e. The van der Waals surface area contributed by atoms with E-state index in [0.29, 0.717) is 6.04 Å². The molecule has 138 valence electrons. The second-order valence-corrected chi connectivity index (χ2v) is 6.81. The molecule has 1 unspecified atom stereocenters. The molecular formula is C21H25NO4. The van der Waals surface area contributed by atoms with E-state index in [-0.39, 0.29) is 0 Å². The molecule has 3 aliphatic rings. The summed E-state index contributed by atoms with van der Waals surface area (Å²) in [5, 5.41) is 0. The minimum atomic E-state index is 0.316. The van der Waals surface area contributed by atoms with Crippen LogP contribution in [0.4, 0.5) is 0 Å². The van der Waals surface area contributed by atoms with Crippen molar-refractivity contribution < 1.29 is 18.9 Å². The summed E-state index contributed by atoms with van der Waals surface area (Å²) in [7, 11) is 6.78. The summed E-state index contributed by atoms with van der Waals surface area (Å²) >= 11 is 0. The number of benzene rings is 1. The molecule has 0 fully saturated rings. The summed E-state index contributed by atoms with van der Waals surface area (Å²) in [6.07, 6.45) is 7.17. The Hall–Kier alpha value is -2.56. The molecule has 0 bridgehead atoms. The van der Waals surface area contributed by atoms with E-state index in [1.807, 2.05) is 0 Å². The van der Waals surface area contributed by atoms with Crippen LogP contribution < -0.4 is 9.47 Å². The van der Waals surface area contributed by atoms with Crippen LogP contribution in [0.15, 0.2) is 47.1 Å². The predicted molar refractivity (Wildman–Crippen MR) is 99.1 cm³/mol. The highest BCUT2D eigenvalue weighted by molar-refractivity contribution is 5.52. The number of methoxy groups -OCH3 is 4. The molecule has 4 rings (SSSR count). The van der Waals surface area contributed by atoms with Crippen molar-refractivity contribution in [3.05, 3.63) is 58.2 Å². The van der Waals surface area contributed by atoms with Gasteiger partial charge in [0.15, 0.2) is 17.3 Å². The standard InChI is InChI=1S/C21H25NO4/c1-23-18-8-13-5-6-22-12-15-10-20(25-3)19(24-2)9-14(15)7-17(22)16(13)11-21(18)26-4/h8-9,11-12,17H,5-7,10H2,1-4H3. The lowest BCUT2D eigenvalue weighted by molar-refractivity contribution is 0.214. The summed E-state index contributed by atoms with van der Waals surface area (Å²) in [5.74, 6) is 3.32. The fourth-order valence-electron chi connectivity index (χ4n) is 4.21. The van der Waals surface area contributed by atoms with Crippen molar-refractivity contribution in [2.24, 2.45) is 0 Å². The molecule has 0 spiro atoms. The van der Waals surface area contributed by atoms with Crippen molar-refractivity contribution in [1.29, 1.82) is 0 Å². The number of allylic oxidation sites excluding steroid dienone is 2. The molecule has 1 aromatic carbocycles. The molecule has 0 saturated carbocycles. The molecule has 1 atom stereocenters. The lowest BCUT2D eigenvalue weighted by Crippen LogP contribution is -2.35. The van der Waals surface area contributed by atoms with Gasteiger partial charge in [0, 0.05) is 19.2 Å². The maximum Gasteiger partial charge on any atom is 0.161 e. The van der Waals surface area contributed by atoms with E-state index < -0.39 is 0 Å². The minimum absolute atomic E-state index is 0.316.